The zero-order chi connectivity index (χ0) is 20.3. The van der Waals surface area contributed by atoms with Gasteiger partial charge in [-0.05, 0) is 42.2 Å². The highest BCUT2D eigenvalue weighted by atomic mass is 16.5. The summed E-state index contributed by atoms with van der Waals surface area (Å²) in [7, 11) is 1.37. The first-order chi connectivity index (χ1) is 13.4. The Morgan fingerprint density at radius 3 is 2.71 bits per heavy atom. The third-order valence-electron chi connectivity index (χ3n) is 6.26. The van der Waals surface area contributed by atoms with Crippen LogP contribution in [0.15, 0.2) is 30.5 Å². The van der Waals surface area contributed by atoms with Gasteiger partial charge in [-0.1, -0.05) is 45.4 Å². The molecule has 0 bridgehead atoms. The smallest absolute Gasteiger partial charge is 0.328 e. The van der Waals surface area contributed by atoms with Crippen LogP contribution < -0.4 is 5.32 Å². The highest BCUT2D eigenvalue weighted by Crippen LogP contribution is 2.38. The van der Waals surface area contributed by atoms with Gasteiger partial charge >= 0.3 is 5.97 Å². The molecule has 3 rings (SSSR count). The number of hydrogen-bond donors (Lipinski definition) is 2. The molecule has 5 nitrogen and oxygen atoms in total. The predicted molar refractivity (Wildman–Crippen MR) is 111 cm³/mol. The predicted octanol–water partition coefficient (Wildman–Crippen LogP) is 4.08. The molecule has 152 valence electrons. The lowest BCUT2D eigenvalue weighted by Gasteiger charge is -2.37. The van der Waals surface area contributed by atoms with Gasteiger partial charge in [-0.3, -0.25) is 4.79 Å². The molecule has 1 saturated carbocycles. The van der Waals surface area contributed by atoms with Gasteiger partial charge in [0.15, 0.2) is 0 Å². The largest absolute Gasteiger partial charge is 0.467 e. The molecule has 0 spiro atoms. The summed E-state index contributed by atoms with van der Waals surface area (Å²) >= 11 is 0. The van der Waals surface area contributed by atoms with Crippen molar-refractivity contribution in [1.29, 1.82) is 0 Å². The van der Waals surface area contributed by atoms with Crippen LogP contribution in [-0.2, 0) is 20.7 Å². The molecule has 28 heavy (non-hydrogen) atoms. The average Bonchev–Trinajstić information content (AvgIpc) is 3.09. The van der Waals surface area contributed by atoms with Crippen molar-refractivity contribution in [2.75, 3.05) is 7.11 Å². The van der Waals surface area contributed by atoms with Crippen LogP contribution in [0.25, 0.3) is 10.9 Å². The van der Waals surface area contributed by atoms with Crippen LogP contribution in [-0.4, -0.2) is 30.0 Å². The van der Waals surface area contributed by atoms with Gasteiger partial charge in [0.2, 0.25) is 5.91 Å². The highest BCUT2D eigenvalue weighted by Gasteiger charge is 2.37. The Kier molecular flexibility index (Phi) is 6.42. The maximum absolute atomic E-state index is 13.2. The Morgan fingerprint density at radius 2 is 2.00 bits per heavy atom. The van der Waals surface area contributed by atoms with Crippen molar-refractivity contribution in [1.82, 2.24) is 10.3 Å². The highest BCUT2D eigenvalue weighted by molar-refractivity contribution is 5.88. The monoisotopic (exact) mass is 384 g/mol. The fourth-order valence-corrected chi connectivity index (χ4v) is 4.64. The Labute approximate surface area is 167 Å². The second-order valence-corrected chi connectivity index (χ2v) is 8.58. The topological polar surface area (TPSA) is 71.2 Å². The van der Waals surface area contributed by atoms with Crippen molar-refractivity contribution in [3.05, 3.63) is 36.0 Å². The Balaban J connectivity index is 1.78. The van der Waals surface area contributed by atoms with Crippen LogP contribution in [0.1, 0.15) is 45.6 Å². The first-order valence-corrected chi connectivity index (χ1v) is 10.3. The summed E-state index contributed by atoms with van der Waals surface area (Å²) in [5.74, 6) is 0.898. The maximum atomic E-state index is 13.2. The van der Waals surface area contributed by atoms with Crippen LogP contribution in [0.5, 0.6) is 0 Å². The summed E-state index contributed by atoms with van der Waals surface area (Å²) in [5, 5.41) is 4.09. The third kappa shape index (κ3) is 4.40. The average molecular weight is 385 g/mol. The lowest BCUT2D eigenvalue weighted by atomic mass is 9.69. The molecule has 1 aliphatic carbocycles. The molecule has 0 radical (unpaired) electrons. The molecule has 4 atom stereocenters. The van der Waals surface area contributed by atoms with Gasteiger partial charge in [-0.25, -0.2) is 4.79 Å². The van der Waals surface area contributed by atoms with E-state index < -0.39 is 12.0 Å². The molecular formula is C23H32N2O3. The molecule has 1 aromatic carbocycles. The van der Waals surface area contributed by atoms with Crippen LogP contribution >= 0.6 is 0 Å². The van der Waals surface area contributed by atoms with E-state index in [0.717, 1.165) is 29.3 Å². The molecule has 5 heteroatoms. The van der Waals surface area contributed by atoms with Gasteiger partial charge in [0.25, 0.3) is 0 Å². The molecule has 0 unspecified atom stereocenters. The molecular weight excluding hydrogens is 352 g/mol. The first kappa shape index (κ1) is 20.4. The number of hydrogen-bond acceptors (Lipinski definition) is 3. The molecule has 1 aromatic heterocycles. The molecule has 2 N–H and O–H groups in total. The first-order valence-electron chi connectivity index (χ1n) is 10.3. The molecule has 1 heterocycles. The van der Waals surface area contributed by atoms with Crippen molar-refractivity contribution in [3.8, 4) is 0 Å². The standard InChI is InChI=1S/C23H32N2O3/c1-14(2)17-10-9-15(3)11-19(17)22(26)25-21(23(27)28-4)12-16-13-24-20-8-6-5-7-18(16)20/h5-8,13-15,17,19,21,24H,9-12H2,1-4H3,(H,25,26)/t15-,17+,19-,21+/m1/s1. The van der Waals surface area contributed by atoms with E-state index in [1.807, 2.05) is 30.5 Å². The van der Waals surface area contributed by atoms with Crippen LogP contribution in [0, 0.1) is 23.7 Å². The van der Waals surface area contributed by atoms with E-state index >= 15 is 0 Å². The summed E-state index contributed by atoms with van der Waals surface area (Å²) in [4.78, 5) is 28.8. The minimum atomic E-state index is -0.679. The van der Waals surface area contributed by atoms with Crippen LogP contribution in [0.4, 0.5) is 0 Å². The Hall–Kier alpha value is -2.30. The van der Waals surface area contributed by atoms with Crippen molar-refractivity contribution in [2.24, 2.45) is 23.7 Å². The molecule has 0 saturated heterocycles. The second kappa shape index (κ2) is 8.80. The van der Waals surface area contributed by atoms with Gasteiger partial charge in [0.1, 0.15) is 6.04 Å². The number of aromatic nitrogens is 1. The van der Waals surface area contributed by atoms with E-state index in [1.165, 1.54) is 13.5 Å². The number of methoxy groups -OCH3 is 1. The van der Waals surface area contributed by atoms with Crippen molar-refractivity contribution in [3.63, 3.8) is 0 Å². The van der Waals surface area contributed by atoms with Gasteiger partial charge in [-0.2, -0.15) is 0 Å². The normalized spacial score (nSPS) is 23.5. The van der Waals surface area contributed by atoms with Crippen molar-refractivity contribution >= 4 is 22.8 Å². The van der Waals surface area contributed by atoms with Crippen LogP contribution in [0.2, 0.25) is 0 Å². The number of nitrogens with one attached hydrogen (secondary N) is 2. The Bertz CT molecular complexity index is 826. The number of H-pyrrole nitrogens is 1. The minimum absolute atomic E-state index is 0.0134. The van der Waals surface area contributed by atoms with E-state index in [2.05, 4.69) is 31.1 Å². The SMILES string of the molecule is COC(=O)[C@H](Cc1c[nH]c2ccccc12)NC(=O)[C@@H]1C[C@H](C)CC[C@H]1C(C)C. The van der Waals surface area contributed by atoms with Crippen LogP contribution in [0.3, 0.4) is 0 Å². The summed E-state index contributed by atoms with van der Waals surface area (Å²) in [5.41, 5.74) is 2.03. The number of para-hydroxylation sites is 1. The van der Waals surface area contributed by atoms with Gasteiger partial charge in [0.05, 0.1) is 7.11 Å². The summed E-state index contributed by atoms with van der Waals surface area (Å²) in [6, 6.07) is 7.29. The zero-order valence-corrected chi connectivity index (χ0v) is 17.3. The summed E-state index contributed by atoms with van der Waals surface area (Å²) in [6.45, 7) is 6.58. The number of fused-ring (bicyclic) bond motifs is 1. The lowest BCUT2D eigenvalue weighted by Crippen LogP contribution is -2.48. The van der Waals surface area contributed by atoms with E-state index in [0.29, 0.717) is 24.2 Å². The molecule has 1 amide bonds. The minimum Gasteiger partial charge on any atom is -0.467 e. The summed E-state index contributed by atoms with van der Waals surface area (Å²) in [6.07, 6.45) is 5.45. The van der Waals surface area contributed by atoms with E-state index in [9.17, 15) is 9.59 Å². The number of carbonyl (C=O) groups is 2. The van der Waals surface area contributed by atoms with Crippen molar-refractivity contribution < 1.29 is 14.3 Å². The maximum Gasteiger partial charge on any atom is 0.328 e. The quantitative estimate of drug-likeness (QED) is 0.737. The molecule has 1 fully saturated rings. The third-order valence-corrected chi connectivity index (χ3v) is 6.26. The van der Waals surface area contributed by atoms with E-state index in [4.69, 9.17) is 4.74 Å². The number of rotatable bonds is 6. The fourth-order valence-electron chi connectivity index (χ4n) is 4.64. The number of amides is 1. The Morgan fingerprint density at radius 1 is 1.25 bits per heavy atom. The number of ether oxygens (including phenoxy) is 1. The second-order valence-electron chi connectivity index (χ2n) is 8.58. The van der Waals surface area contributed by atoms with Gasteiger partial charge in [-0.15, -0.1) is 0 Å². The fraction of sp³-hybridized carbons (Fsp3) is 0.565. The molecule has 2 aromatic rings. The van der Waals surface area contributed by atoms with Crippen molar-refractivity contribution in [2.45, 2.75) is 52.5 Å². The molecule has 0 aliphatic heterocycles. The van der Waals surface area contributed by atoms with Gasteiger partial charge in [0, 0.05) is 29.4 Å². The number of benzene rings is 1. The number of carbonyl (C=O) groups excluding carboxylic acids is 2. The van der Waals surface area contributed by atoms with E-state index in [1.54, 1.807) is 0 Å². The van der Waals surface area contributed by atoms with Gasteiger partial charge < -0.3 is 15.0 Å². The lowest BCUT2D eigenvalue weighted by molar-refractivity contribution is -0.146. The number of aromatic amines is 1. The van der Waals surface area contributed by atoms with E-state index in [-0.39, 0.29) is 11.8 Å². The molecule has 1 aliphatic rings. The zero-order valence-electron chi connectivity index (χ0n) is 17.3. The summed E-state index contributed by atoms with van der Waals surface area (Å²) < 4.78 is 4.99. The number of esters is 1.